The maximum Gasteiger partial charge on any atom is 0.266 e. The third-order valence-electron chi connectivity index (χ3n) is 2.77. The first-order valence-electron chi connectivity index (χ1n) is 6.79. The Hall–Kier alpha value is -1.43. The molecule has 1 aromatic heterocycles. The van der Waals surface area contributed by atoms with Gasteiger partial charge >= 0.3 is 0 Å². The molecule has 0 saturated heterocycles. The Morgan fingerprint density at radius 1 is 1.40 bits per heavy atom. The number of nitrogens with zero attached hydrogens (tertiary/aromatic N) is 2. The molecular formula is C14H23N3O2S. The van der Waals surface area contributed by atoms with Gasteiger partial charge in [0.1, 0.15) is 4.88 Å². The fourth-order valence-electron chi connectivity index (χ4n) is 1.67. The van der Waals surface area contributed by atoms with Gasteiger partial charge in [-0.2, -0.15) is 0 Å². The van der Waals surface area contributed by atoms with Gasteiger partial charge in [0, 0.05) is 12.0 Å². The van der Waals surface area contributed by atoms with E-state index in [0.29, 0.717) is 11.4 Å². The Morgan fingerprint density at radius 2 is 2.05 bits per heavy atom. The topological polar surface area (TPSA) is 76.3 Å². The number of hydrogen-bond donors (Lipinski definition) is 1. The Bertz CT molecular complexity index is 477. The first-order valence-corrected chi connectivity index (χ1v) is 7.61. The molecule has 6 heteroatoms. The highest BCUT2D eigenvalue weighted by Gasteiger charge is 2.23. The highest BCUT2D eigenvalue weighted by atomic mass is 32.1. The van der Waals surface area contributed by atoms with Crippen molar-refractivity contribution in [1.82, 2.24) is 9.88 Å². The highest BCUT2D eigenvalue weighted by Crippen LogP contribution is 2.27. The SMILES string of the molecule is CCCCN(CC(N)=O)C(=O)c1cnc(C(C)(C)C)s1. The van der Waals surface area contributed by atoms with E-state index in [1.165, 1.54) is 16.2 Å². The van der Waals surface area contributed by atoms with Crippen molar-refractivity contribution in [3.63, 3.8) is 0 Å². The second-order valence-electron chi connectivity index (χ2n) is 5.83. The van der Waals surface area contributed by atoms with Crippen LogP contribution in [0.25, 0.3) is 0 Å². The largest absolute Gasteiger partial charge is 0.368 e. The Morgan fingerprint density at radius 3 is 2.50 bits per heavy atom. The van der Waals surface area contributed by atoms with Crippen LogP contribution in [0.1, 0.15) is 55.2 Å². The summed E-state index contributed by atoms with van der Waals surface area (Å²) in [6.07, 6.45) is 3.40. The third-order valence-corrected chi connectivity index (χ3v) is 4.18. The lowest BCUT2D eigenvalue weighted by Crippen LogP contribution is -2.38. The van der Waals surface area contributed by atoms with Crippen LogP contribution >= 0.6 is 11.3 Å². The van der Waals surface area contributed by atoms with E-state index in [1.54, 1.807) is 6.20 Å². The molecular weight excluding hydrogens is 274 g/mol. The quantitative estimate of drug-likeness (QED) is 0.874. The van der Waals surface area contributed by atoms with Crippen molar-refractivity contribution >= 4 is 23.2 Å². The van der Waals surface area contributed by atoms with E-state index in [-0.39, 0.29) is 17.9 Å². The first kappa shape index (κ1) is 16.6. The lowest BCUT2D eigenvalue weighted by molar-refractivity contribution is -0.118. The van der Waals surface area contributed by atoms with Gasteiger partial charge in [-0.15, -0.1) is 11.3 Å². The molecule has 0 aromatic carbocycles. The second kappa shape index (κ2) is 6.83. The van der Waals surface area contributed by atoms with Gasteiger partial charge in [0.05, 0.1) is 17.7 Å². The smallest absolute Gasteiger partial charge is 0.266 e. The molecule has 0 saturated carbocycles. The molecule has 1 heterocycles. The molecule has 0 aliphatic rings. The highest BCUT2D eigenvalue weighted by molar-refractivity contribution is 7.13. The number of carbonyl (C=O) groups is 2. The van der Waals surface area contributed by atoms with E-state index in [9.17, 15) is 9.59 Å². The number of thiazole rings is 1. The minimum absolute atomic E-state index is 0.0401. The molecule has 0 spiro atoms. The average Bonchev–Trinajstić information content (AvgIpc) is 2.82. The zero-order valence-corrected chi connectivity index (χ0v) is 13.4. The molecule has 0 fully saturated rings. The molecule has 0 aliphatic carbocycles. The van der Waals surface area contributed by atoms with E-state index >= 15 is 0 Å². The van der Waals surface area contributed by atoms with Crippen LogP contribution in [0.2, 0.25) is 0 Å². The standard InChI is InChI=1S/C14H23N3O2S/c1-5-6-7-17(9-11(15)18)12(19)10-8-16-13(20-10)14(2,3)4/h8H,5-7,9H2,1-4H3,(H2,15,18). The van der Waals surface area contributed by atoms with Crippen molar-refractivity contribution in [1.29, 1.82) is 0 Å². The van der Waals surface area contributed by atoms with Crippen LogP contribution in [-0.4, -0.2) is 34.8 Å². The number of aromatic nitrogens is 1. The van der Waals surface area contributed by atoms with E-state index in [1.807, 2.05) is 6.92 Å². The minimum atomic E-state index is -0.491. The Labute approximate surface area is 124 Å². The van der Waals surface area contributed by atoms with Gasteiger partial charge in [0.15, 0.2) is 0 Å². The van der Waals surface area contributed by atoms with Crippen LogP contribution in [-0.2, 0) is 10.2 Å². The lowest BCUT2D eigenvalue weighted by Gasteiger charge is -2.20. The van der Waals surface area contributed by atoms with Crippen LogP contribution in [0.4, 0.5) is 0 Å². The van der Waals surface area contributed by atoms with Crippen LogP contribution in [0.3, 0.4) is 0 Å². The number of primary amides is 1. The van der Waals surface area contributed by atoms with Gasteiger partial charge in [0.25, 0.3) is 5.91 Å². The van der Waals surface area contributed by atoms with Crippen molar-refractivity contribution in [2.75, 3.05) is 13.1 Å². The maximum atomic E-state index is 12.4. The molecule has 20 heavy (non-hydrogen) atoms. The van der Waals surface area contributed by atoms with Gasteiger partial charge in [-0.05, 0) is 6.42 Å². The van der Waals surface area contributed by atoms with Crippen LogP contribution in [0.5, 0.6) is 0 Å². The van der Waals surface area contributed by atoms with Gasteiger partial charge < -0.3 is 10.6 Å². The van der Waals surface area contributed by atoms with Crippen LogP contribution < -0.4 is 5.73 Å². The molecule has 0 unspecified atom stereocenters. The molecule has 2 N–H and O–H groups in total. The summed E-state index contributed by atoms with van der Waals surface area (Å²) < 4.78 is 0. The molecule has 0 radical (unpaired) electrons. The number of nitrogens with two attached hydrogens (primary N) is 1. The number of unbranched alkanes of at least 4 members (excludes halogenated alkanes) is 1. The van der Waals surface area contributed by atoms with Crippen LogP contribution in [0, 0.1) is 0 Å². The normalized spacial score (nSPS) is 11.4. The molecule has 0 atom stereocenters. The van der Waals surface area contributed by atoms with Gasteiger partial charge in [-0.3, -0.25) is 9.59 Å². The summed E-state index contributed by atoms with van der Waals surface area (Å²) in [5, 5.41) is 0.912. The second-order valence-corrected chi connectivity index (χ2v) is 6.86. The van der Waals surface area contributed by atoms with Crippen molar-refractivity contribution in [3.8, 4) is 0 Å². The summed E-state index contributed by atoms with van der Waals surface area (Å²) >= 11 is 1.38. The molecule has 0 bridgehead atoms. The molecule has 5 nitrogen and oxygen atoms in total. The van der Waals surface area contributed by atoms with Crippen molar-refractivity contribution in [2.45, 2.75) is 46.0 Å². The van der Waals surface area contributed by atoms with E-state index < -0.39 is 5.91 Å². The summed E-state index contributed by atoms with van der Waals surface area (Å²) in [5.41, 5.74) is 5.13. The van der Waals surface area contributed by atoms with E-state index in [0.717, 1.165) is 17.8 Å². The van der Waals surface area contributed by atoms with Gasteiger partial charge in [0.2, 0.25) is 5.91 Å². The third kappa shape index (κ3) is 4.59. The average molecular weight is 297 g/mol. The zero-order chi connectivity index (χ0) is 15.3. The molecule has 2 amide bonds. The van der Waals surface area contributed by atoms with E-state index in [4.69, 9.17) is 5.73 Å². The summed E-state index contributed by atoms with van der Waals surface area (Å²) in [5.74, 6) is -0.653. The van der Waals surface area contributed by atoms with Crippen molar-refractivity contribution in [3.05, 3.63) is 16.1 Å². The summed E-state index contributed by atoms with van der Waals surface area (Å²) in [4.78, 5) is 29.9. The maximum absolute atomic E-state index is 12.4. The number of amides is 2. The molecule has 1 aromatic rings. The predicted molar refractivity (Wildman–Crippen MR) is 80.8 cm³/mol. The van der Waals surface area contributed by atoms with Crippen LogP contribution in [0.15, 0.2) is 6.20 Å². The lowest BCUT2D eigenvalue weighted by atomic mass is 9.98. The van der Waals surface area contributed by atoms with Gasteiger partial charge in [-0.25, -0.2) is 4.98 Å². The number of carbonyl (C=O) groups excluding carboxylic acids is 2. The molecule has 1 rings (SSSR count). The summed E-state index contributed by atoms with van der Waals surface area (Å²) in [7, 11) is 0. The summed E-state index contributed by atoms with van der Waals surface area (Å²) in [6.45, 7) is 8.70. The van der Waals surface area contributed by atoms with Crippen molar-refractivity contribution < 1.29 is 9.59 Å². The minimum Gasteiger partial charge on any atom is -0.368 e. The zero-order valence-electron chi connectivity index (χ0n) is 12.6. The number of hydrogen-bond acceptors (Lipinski definition) is 4. The monoisotopic (exact) mass is 297 g/mol. The Kier molecular flexibility index (Phi) is 5.68. The first-order chi connectivity index (χ1) is 9.25. The number of rotatable bonds is 6. The van der Waals surface area contributed by atoms with Crippen molar-refractivity contribution in [2.24, 2.45) is 5.73 Å². The fourth-order valence-corrected chi connectivity index (χ4v) is 2.61. The summed E-state index contributed by atoms with van der Waals surface area (Å²) in [6, 6.07) is 0. The van der Waals surface area contributed by atoms with E-state index in [2.05, 4.69) is 25.8 Å². The molecule has 0 aliphatic heterocycles. The molecule has 112 valence electrons. The van der Waals surface area contributed by atoms with Gasteiger partial charge in [-0.1, -0.05) is 34.1 Å². The predicted octanol–water partition coefficient (Wildman–Crippen LogP) is 2.17. The fraction of sp³-hybridized carbons (Fsp3) is 0.643. The Balaban J connectivity index is 2.88.